The van der Waals surface area contributed by atoms with Crippen LogP contribution in [0.4, 0.5) is 0 Å². The van der Waals surface area contributed by atoms with Crippen molar-refractivity contribution in [2.75, 3.05) is 13.1 Å². The summed E-state index contributed by atoms with van der Waals surface area (Å²) in [4.78, 5) is 50.2. The van der Waals surface area contributed by atoms with Gasteiger partial charge in [-0.15, -0.1) is 0 Å². The van der Waals surface area contributed by atoms with Crippen LogP contribution in [-0.2, 0) is 19.2 Å². The van der Waals surface area contributed by atoms with Crippen LogP contribution in [0, 0.1) is 11.8 Å². The number of carboxylic acids is 1. The van der Waals surface area contributed by atoms with E-state index in [-0.39, 0.29) is 24.3 Å². The number of nitrogens with two attached hydrogens (primary N) is 1. The van der Waals surface area contributed by atoms with Crippen LogP contribution in [0.2, 0.25) is 0 Å². The van der Waals surface area contributed by atoms with Gasteiger partial charge < -0.3 is 26.4 Å². The van der Waals surface area contributed by atoms with Crippen molar-refractivity contribution in [1.29, 1.82) is 0 Å². The Balaban J connectivity index is 2.86. The van der Waals surface area contributed by atoms with Gasteiger partial charge in [0.2, 0.25) is 17.7 Å². The maximum atomic E-state index is 12.7. The van der Waals surface area contributed by atoms with Gasteiger partial charge in [0, 0.05) is 6.54 Å². The molecule has 0 aromatic heterocycles. The molecule has 0 aromatic rings. The van der Waals surface area contributed by atoms with Gasteiger partial charge in [-0.25, -0.2) is 4.79 Å². The van der Waals surface area contributed by atoms with E-state index in [1.165, 1.54) is 4.90 Å². The molecule has 1 rings (SSSR count). The predicted molar refractivity (Wildman–Crippen MR) is 104 cm³/mol. The van der Waals surface area contributed by atoms with E-state index in [0.29, 0.717) is 32.2 Å². The maximum Gasteiger partial charge on any atom is 0.326 e. The Kier molecular flexibility index (Phi) is 9.37. The van der Waals surface area contributed by atoms with Crippen molar-refractivity contribution >= 4 is 23.7 Å². The van der Waals surface area contributed by atoms with Gasteiger partial charge in [-0.05, 0) is 37.5 Å². The van der Waals surface area contributed by atoms with Gasteiger partial charge in [-0.1, -0.05) is 27.7 Å². The number of amides is 3. The summed E-state index contributed by atoms with van der Waals surface area (Å²) in [5, 5.41) is 14.6. The minimum absolute atomic E-state index is 0.0915. The summed E-state index contributed by atoms with van der Waals surface area (Å²) in [7, 11) is 0. The molecule has 3 amide bonds. The van der Waals surface area contributed by atoms with Crippen LogP contribution in [0.15, 0.2) is 0 Å². The fourth-order valence-electron chi connectivity index (χ4n) is 3.39. The van der Waals surface area contributed by atoms with Crippen molar-refractivity contribution in [3.63, 3.8) is 0 Å². The second kappa shape index (κ2) is 11.0. The van der Waals surface area contributed by atoms with Crippen LogP contribution in [-0.4, -0.2) is 64.9 Å². The van der Waals surface area contributed by atoms with Crippen LogP contribution in [0.1, 0.15) is 53.4 Å². The molecule has 0 spiro atoms. The SMILES string of the molecule is CC(C)CC(NC(=O)C(CC(C)C)NC(=O)C1CCCN1C(=O)CN)C(=O)O. The number of aliphatic carboxylic acids is 1. The van der Waals surface area contributed by atoms with Crippen molar-refractivity contribution in [2.24, 2.45) is 17.6 Å². The van der Waals surface area contributed by atoms with E-state index in [1.54, 1.807) is 0 Å². The van der Waals surface area contributed by atoms with Gasteiger partial charge in [0.05, 0.1) is 6.54 Å². The largest absolute Gasteiger partial charge is 0.480 e. The average Bonchev–Trinajstić information content (AvgIpc) is 3.08. The number of nitrogens with one attached hydrogen (secondary N) is 2. The minimum Gasteiger partial charge on any atom is -0.480 e. The smallest absolute Gasteiger partial charge is 0.326 e. The zero-order valence-electron chi connectivity index (χ0n) is 17.2. The lowest BCUT2D eigenvalue weighted by Gasteiger charge is -2.27. The molecule has 0 bridgehead atoms. The normalized spacial score (nSPS) is 18.8. The van der Waals surface area contributed by atoms with Gasteiger partial charge in [-0.3, -0.25) is 14.4 Å². The molecule has 1 heterocycles. The molecule has 0 aromatic carbocycles. The Hall–Kier alpha value is -2.16. The molecule has 0 aliphatic carbocycles. The van der Waals surface area contributed by atoms with Crippen LogP contribution in [0.5, 0.6) is 0 Å². The van der Waals surface area contributed by atoms with E-state index in [9.17, 15) is 24.3 Å². The molecule has 5 N–H and O–H groups in total. The molecule has 1 aliphatic heterocycles. The van der Waals surface area contributed by atoms with Gasteiger partial charge >= 0.3 is 5.97 Å². The summed E-state index contributed by atoms with van der Waals surface area (Å²) >= 11 is 0. The summed E-state index contributed by atoms with van der Waals surface area (Å²) in [6.07, 6.45) is 1.87. The summed E-state index contributed by atoms with van der Waals surface area (Å²) in [6.45, 7) is 7.86. The second-order valence-corrected chi connectivity index (χ2v) is 8.17. The molecule has 28 heavy (non-hydrogen) atoms. The molecule has 0 saturated carbocycles. The number of hydrogen-bond donors (Lipinski definition) is 4. The topological polar surface area (TPSA) is 142 Å². The van der Waals surface area contributed by atoms with Gasteiger partial charge in [0.1, 0.15) is 18.1 Å². The lowest BCUT2D eigenvalue weighted by Crippen LogP contribution is -2.56. The first-order valence-electron chi connectivity index (χ1n) is 9.89. The number of carboxylic acid groups (broad SMARTS) is 1. The first kappa shape index (κ1) is 23.9. The van der Waals surface area contributed by atoms with Crippen molar-refractivity contribution in [3.05, 3.63) is 0 Å². The summed E-state index contributed by atoms with van der Waals surface area (Å²) < 4.78 is 0. The Labute approximate surface area is 166 Å². The van der Waals surface area contributed by atoms with Crippen molar-refractivity contribution in [1.82, 2.24) is 15.5 Å². The highest BCUT2D eigenvalue weighted by Gasteiger charge is 2.36. The third-order valence-electron chi connectivity index (χ3n) is 4.71. The van der Waals surface area contributed by atoms with Crippen molar-refractivity contribution in [2.45, 2.75) is 71.5 Å². The highest BCUT2D eigenvalue weighted by atomic mass is 16.4. The standard InChI is InChI=1S/C19H34N4O5/c1-11(2)8-13(17(25)22-14(19(27)28)9-12(3)4)21-18(26)15-6-5-7-23(15)16(24)10-20/h11-15H,5-10,20H2,1-4H3,(H,21,26)(H,22,25)(H,27,28). The Morgan fingerprint density at radius 1 is 1.04 bits per heavy atom. The summed E-state index contributed by atoms with van der Waals surface area (Å²) in [5.74, 6) is -2.14. The zero-order valence-corrected chi connectivity index (χ0v) is 17.2. The Morgan fingerprint density at radius 2 is 1.61 bits per heavy atom. The van der Waals surface area contributed by atoms with E-state index < -0.39 is 35.9 Å². The molecule has 0 radical (unpaired) electrons. The molecule has 1 fully saturated rings. The van der Waals surface area contributed by atoms with Crippen LogP contribution < -0.4 is 16.4 Å². The number of hydrogen-bond acceptors (Lipinski definition) is 5. The summed E-state index contributed by atoms with van der Waals surface area (Å²) in [5.41, 5.74) is 5.41. The molecule has 9 nitrogen and oxygen atoms in total. The van der Waals surface area contributed by atoms with Crippen molar-refractivity contribution in [3.8, 4) is 0 Å². The molecule has 9 heteroatoms. The van der Waals surface area contributed by atoms with E-state index in [2.05, 4.69) is 10.6 Å². The number of carbonyl (C=O) groups is 4. The second-order valence-electron chi connectivity index (χ2n) is 8.17. The van der Waals surface area contributed by atoms with E-state index in [4.69, 9.17) is 5.73 Å². The van der Waals surface area contributed by atoms with Crippen LogP contribution in [0.3, 0.4) is 0 Å². The molecule has 1 saturated heterocycles. The molecular weight excluding hydrogens is 364 g/mol. The zero-order chi connectivity index (χ0) is 21.4. The first-order valence-corrected chi connectivity index (χ1v) is 9.89. The molecule has 3 unspecified atom stereocenters. The molecular formula is C19H34N4O5. The van der Waals surface area contributed by atoms with E-state index in [1.807, 2.05) is 27.7 Å². The van der Waals surface area contributed by atoms with Gasteiger partial charge in [-0.2, -0.15) is 0 Å². The highest BCUT2D eigenvalue weighted by Crippen LogP contribution is 2.18. The average molecular weight is 399 g/mol. The van der Waals surface area contributed by atoms with Gasteiger partial charge in [0.15, 0.2) is 0 Å². The number of nitrogens with zero attached hydrogens (tertiary/aromatic N) is 1. The molecule has 3 atom stereocenters. The Morgan fingerprint density at radius 3 is 2.11 bits per heavy atom. The van der Waals surface area contributed by atoms with E-state index >= 15 is 0 Å². The lowest BCUT2D eigenvalue weighted by molar-refractivity contribution is -0.143. The highest BCUT2D eigenvalue weighted by molar-refractivity contribution is 5.93. The monoisotopic (exact) mass is 398 g/mol. The fraction of sp³-hybridized carbons (Fsp3) is 0.789. The lowest BCUT2D eigenvalue weighted by atomic mass is 10.00. The van der Waals surface area contributed by atoms with Crippen LogP contribution in [0.25, 0.3) is 0 Å². The number of carbonyl (C=O) groups excluding carboxylic acids is 3. The molecule has 1 aliphatic rings. The number of rotatable bonds is 10. The molecule has 160 valence electrons. The maximum absolute atomic E-state index is 12.7. The quantitative estimate of drug-likeness (QED) is 0.411. The van der Waals surface area contributed by atoms with Gasteiger partial charge in [0.25, 0.3) is 0 Å². The summed E-state index contributed by atoms with van der Waals surface area (Å²) in [6, 6.07) is -2.53. The van der Waals surface area contributed by atoms with E-state index in [0.717, 1.165) is 0 Å². The first-order chi connectivity index (χ1) is 13.1. The third-order valence-corrected chi connectivity index (χ3v) is 4.71. The number of likely N-dealkylation sites (tertiary alicyclic amines) is 1. The predicted octanol–water partition coefficient (Wildman–Crippen LogP) is 0.0825. The van der Waals surface area contributed by atoms with Crippen molar-refractivity contribution < 1.29 is 24.3 Å². The fourth-order valence-corrected chi connectivity index (χ4v) is 3.39. The van der Waals surface area contributed by atoms with Crippen LogP contribution >= 0.6 is 0 Å². The minimum atomic E-state index is -1.10. The third kappa shape index (κ3) is 7.10. The Bertz CT molecular complexity index is 579.